The first-order chi connectivity index (χ1) is 9.00. The van der Waals surface area contributed by atoms with Gasteiger partial charge in [0.15, 0.2) is 0 Å². The Morgan fingerprint density at radius 2 is 2.37 bits per heavy atom. The smallest absolute Gasteiger partial charge is 0.230 e. The van der Waals surface area contributed by atoms with E-state index in [-0.39, 0.29) is 5.91 Å². The molecule has 1 fully saturated rings. The van der Waals surface area contributed by atoms with Crippen molar-refractivity contribution in [3.63, 3.8) is 0 Å². The van der Waals surface area contributed by atoms with Crippen LogP contribution in [-0.2, 0) is 4.79 Å². The lowest BCUT2D eigenvalue weighted by atomic mass is 9.74. The molecule has 1 unspecified atom stereocenters. The van der Waals surface area contributed by atoms with E-state index in [0.29, 0.717) is 16.8 Å². The zero-order valence-electron chi connectivity index (χ0n) is 11.4. The third-order valence-electron chi connectivity index (χ3n) is 3.89. The number of aromatic nitrogens is 1. The molecule has 1 aliphatic rings. The normalized spacial score (nSPS) is 20.1. The van der Waals surface area contributed by atoms with Crippen LogP contribution in [0.2, 0.25) is 5.15 Å². The molecule has 1 aromatic rings. The van der Waals surface area contributed by atoms with Crippen molar-refractivity contribution >= 4 is 23.2 Å². The van der Waals surface area contributed by atoms with Crippen molar-refractivity contribution in [1.29, 1.82) is 0 Å². The van der Waals surface area contributed by atoms with Gasteiger partial charge in [0.05, 0.1) is 0 Å². The van der Waals surface area contributed by atoms with Crippen LogP contribution in [0.3, 0.4) is 0 Å². The second-order valence-electron chi connectivity index (χ2n) is 5.59. The molecule has 1 aliphatic heterocycles. The van der Waals surface area contributed by atoms with Crippen molar-refractivity contribution in [2.45, 2.75) is 26.7 Å². The molecule has 0 aliphatic carbocycles. The number of halogens is 1. The van der Waals surface area contributed by atoms with Gasteiger partial charge in [-0.25, -0.2) is 4.98 Å². The minimum atomic E-state index is -0.400. The van der Waals surface area contributed by atoms with Crippen LogP contribution in [0.25, 0.3) is 0 Å². The van der Waals surface area contributed by atoms with Crippen LogP contribution in [0.15, 0.2) is 18.3 Å². The Labute approximate surface area is 118 Å². The van der Waals surface area contributed by atoms with Crippen molar-refractivity contribution in [3.05, 3.63) is 23.5 Å². The molecule has 19 heavy (non-hydrogen) atoms. The van der Waals surface area contributed by atoms with Gasteiger partial charge >= 0.3 is 0 Å². The first-order valence-electron chi connectivity index (χ1n) is 6.64. The highest BCUT2D eigenvalue weighted by molar-refractivity contribution is 6.29. The Bertz CT molecular complexity index is 456. The number of carbonyl (C=O) groups excluding carboxylic acids is 1. The first-order valence-corrected chi connectivity index (χ1v) is 7.01. The van der Waals surface area contributed by atoms with E-state index in [1.807, 2.05) is 13.8 Å². The number of carbonyl (C=O) groups is 1. The Kier molecular flexibility index (Phi) is 4.42. The van der Waals surface area contributed by atoms with Gasteiger partial charge in [0.25, 0.3) is 0 Å². The molecule has 0 spiro atoms. The van der Waals surface area contributed by atoms with E-state index in [2.05, 4.69) is 15.6 Å². The molecule has 0 radical (unpaired) electrons. The molecule has 2 N–H and O–H groups in total. The molecular formula is C14H20ClN3O. The van der Waals surface area contributed by atoms with Crippen LogP contribution in [0.1, 0.15) is 26.7 Å². The van der Waals surface area contributed by atoms with E-state index in [0.717, 1.165) is 25.9 Å². The van der Waals surface area contributed by atoms with Gasteiger partial charge in [-0.05, 0) is 44.0 Å². The highest BCUT2D eigenvalue weighted by atomic mass is 35.5. The van der Waals surface area contributed by atoms with E-state index in [4.69, 9.17) is 11.6 Å². The summed E-state index contributed by atoms with van der Waals surface area (Å²) in [6.07, 6.45) is 3.81. The fourth-order valence-electron chi connectivity index (χ4n) is 2.43. The van der Waals surface area contributed by atoms with Crippen LogP contribution in [0.4, 0.5) is 5.69 Å². The Morgan fingerprint density at radius 3 is 3.00 bits per heavy atom. The van der Waals surface area contributed by atoms with Crippen molar-refractivity contribution in [1.82, 2.24) is 10.3 Å². The summed E-state index contributed by atoms with van der Waals surface area (Å²) in [4.78, 5) is 16.3. The van der Waals surface area contributed by atoms with Crippen molar-refractivity contribution in [2.75, 3.05) is 18.4 Å². The zero-order chi connectivity index (χ0) is 13.9. The number of hydrogen-bond donors (Lipinski definition) is 2. The molecular weight excluding hydrogens is 262 g/mol. The molecule has 104 valence electrons. The minimum absolute atomic E-state index is 0.0310. The van der Waals surface area contributed by atoms with Crippen LogP contribution in [0.5, 0.6) is 0 Å². The predicted molar refractivity (Wildman–Crippen MR) is 77.3 cm³/mol. The van der Waals surface area contributed by atoms with E-state index in [1.165, 1.54) is 0 Å². The van der Waals surface area contributed by atoms with E-state index < -0.39 is 5.41 Å². The fraction of sp³-hybridized carbons (Fsp3) is 0.571. The summed E-state index contributed by atoms with van der Waals surface area (Å²) in [6.45, 7) is 5.96. The summed E-state index contributed by atoms with van der Waals surface area (Å²) in [7, 11) is 0. The summed E-state index contributed by atoms with van der Waals surface area (Å²) >= 11 is 5.82. The number of rotatable bonds is 3. The summed E-state index contributed by atoms with van der Waals surface area (Å²) in [5, 5.41) is 6.67. The number of nitrogens with zero attached hydrogens (tertiary/aromatic N) is 1. The Hall–Kier alpha value is -1.13. The molecule has 0 saturated carbocycles. The summed E-state index contributed by atoms with van der Waals surface area (Å²) < 4.78 is 0. The van der Waals surface area contributed by atoms with Gasteiger partial charge in [-0.15, -0.1) is 0 Å². The predicted octanol–water partition coefficient (Wildman–Crippen LogP) is 2.70. The third kappa shape index (κ3) is 3.45. The summed E-state index contributed by atoms with van der Waals surface area (Å²) in [6, 6.07) is 3.41. The average Bonchev–Trinajstić information content (AvgIpc) is 2.39. The lowest BCUT2D eigenvalue weighted by molar-refractivity contribution is -0.127. The highest BCUT2D eigenvalue weighted by Crippen LogP contribution is 2.33. The van der Waals surface area contributed by atoms with Gasteiger partial charge < -0.3 is 10.6 Å². The van der Waals surface area contributed by atoms with Crippen LogP contribution in [-0.4, -0.2) is 24.0 Å². The maximum absolute atomic E-state index is 12.4. The van der Waals surface area contributed by atoms with Gasteiger partial charge in [-0.3, -0.25) is 4.79 Å². The van der Waals surface area contributed by atoms with Gasteiger partial charge in [0.1, 0.15) is 5.15 Å². The molecule has 0 aromatic carbocycles. The van der Waals surface area contributed by atoms with Crippen LogP contribution < -0.4 is 10.6 Å². The lowest BCUT2D eigenvalue weighted by Gasteiger charge is -2.36. The molecule has 2 heterocycles. The monoisotopic (exact) mass is 281 g/mol. The first kappa shape index (κ1) is 14.3. The number of piperidine rings is 1. The van der Waals surface area contributed by atoms with Gasteiger partial charge in [-0.2, -0.15) is 0 Å². The number of anilines is 1. The molecule has 1 aromatic heterocycles. The van der Waals surface area contributed by atoms with E-state index >= 15 is 0 Å². The van der Waals surface area contributed by atoms with Crippen molar-refractivity contribution < 1.29 is 4.79 Å². The third-order valence-corrected chi connectivity index (χ3v) is 4.09. The molecule has 4 nitrogen and oxygen atoms in total. The summed E-state index contributed by atoms with van der Waals surface area (Å²) in [5.41, 5.74) is 0.297. The van der Waals surface area contributed by atoms with Crippen LogP contribution >= 0.6 is 11.6 Å². The molecule has 1 amide bonds. The number of pyridine rings is 1. The maximum Gasteiger partial charge on any atom is 0.230 e. The minimum Gasteiger partial charge on any atom is -0.325 e. The second-order valence-corrected chi connectivity index (χ2v) is 5.97. The number of nitrogens with one attached hydrogen (secondary N) is 2. The molecule has 2 rings (SSSR count). The Balaban J connectivity index is 2.05. The van der Waals surface area contributed by atoms with Gasteiger partial charge in [-0.1, -0.05) is 25.4 Å². The molecule has 1 saturated heterocycles. The Morgan fingerprint density at radius 1 is 1.58 bits per heavy atom. The molecule has 1 atom stereocenters. The van der Waals surface area contributed by atoms with Crippen molar-refractivity contribution in [3.8, 4) is 0 Å². The lowest BCUT2D eigenvalue weighted by Crippen LogP contribution is -2.44. The standard InChI is InChI=1S/C14H20ClN3O/c1-14(2,10-4-3-6-16-9-10)13(19)18-11-5-7-17-12(15)8-11/h5,7-8,10,16H,3-4,6,9H2,1-2H3,(H,17,18,19). The number of amides is 1. The average molecular weight is 282 g/mol. The maximum atomic E-state index is 12.4. The van der Waals surface area contributed by atoms with Gasteiger partial charge in [0.2, 0.25) is 5.91 Å². The van der Waals surface area contributed by atoms with E-state index in [9.17, 15) is 4.79 Å². The van der Waals surface area contributed by atoms with E-state index in [1.54, 1.807) is 18.3 Å². The SMILES string of the molecule is CC(C)(C(=O)Nc1ccnc(Cl)c1)C1CCCNC1. The largest absolute Gasteiger partial charge is 0.325 e. The van der Waals surface area contributed by atoms with Crippen molar-refractivity contribution in [2.24, 2.45) is 11.3 Å². The molecule has 5 heteroatoms. The van der Waals surface area contributed by atoms with Crippen LogP contribution in [0, 0.1) is 11.3 Å². The topological polar surface area (TPSA) is 54.0 Å². The zero-order valence-corrected chi connectivity index (χ0v) is 12.1. The summed E-state index contributed by atoms with van der Waals surface area (Å²) in [5.74, 6) is 0.391. The second kappa shape index (κ2) is 5.88. The highest BCUT2D eigenvalue weighted by Gasteiger charge is 2.37. The number of hydrogen-bond acceptors (Lipinski definition) is 3. The fourth-order valence-corrected chi connectivity index (χ4v) is 2.60. The van der Waals surface area contributed by atoms with Gasteiger partial charge in [0, 0.05) is 17.3 Å². The molecule has 0 bridgehead atoms. The quantitative estimate of drug-likeness (QED) is 0.838.